The molecule has 1 aliphatic rings. The van der Waals surface area contributed by atoms with Gasteiger partial charge >= 0.3 is 11.9 Å². The molecule has 2 heterocycles. The van der Waals surface area contributed by atoms with Gasteiger partial charge in [0.15, 0.2) is 22.9 Å². The molecule has 11 nitrogen and oxygen atoms in total. The summed E-state index contributed by atoms with van der Waals surface area (Å²) in [6.45, 7) is 5.37. The van der Waals surface area contributed by atoms with Crippen molar-refractivity contribution in [1.29, 1.82) is 0 Å². The number of fused-ring (bicyclic) bond motifs is 1. The number of carbonyl (C=O) groups excluding carboxylic acids is 2. The number of rotatable bonds is 11. The highest BCUT2D eigenvalue weighted by Gasteiger charge is 2.34. The fraction of sp³-hybridized carbons (Fsp3) is 0.333. The number of esters is 2. The van der Waals surface area contributed by atoms with E-state index in [0.717, 1.165) is 0 Å². The van der Waals surface area contributed by atoms with E-state index in [-0.39, 0.29) is 24.3 Å². The van der Waals surface area contributed by atoms with E-state index < -0.39 is 18.0 Å². The van der Waals surface area contributed by atoms with Crippen molar-refractivity contribution in [3.63, 3.8) is 0 Å². The Bertz CT molecular complexity index is 1700. The number of thiazole rings is 1. The third kappa shape index (κ3) is 6.18. The van der Waals surface area contributed by atoms with Crippen molar-refractivity contribution in [2.75, 3.05) is 41.2 Å². The first kappa shape index (κ1) is 30.4. The van der Waals surface area contributed by atoms with E-state index in [1.807, 2.05) is 0 Å². The maximum absolute atomic E-state index is 14.0. The minimum Gasteiger partial charge on any atom is -0.497 e. The Morgan fingerprint density at radius 2 is 1.76 bits per heavy atom. The molecule has 1 aliphatic heterocycles. The molecule has 42 heavy (non-hydrogen) atoms. The molecule has 0 bridgehead atoms. The van der Waals surface area contributed by atoms with Crippen LogP contribution in [0.4, 0.5) is 0 Å². The van der Waals surface area contributed by atoms with Crippen molar-refractivity contribution in [3.05, 3.63) is 78.5 Å². The first-order valence-electron chi connectivity index (χ1n) is 13.1. The van der Waals surface area contributed by atoms with Gasteiger partial charge in [-0.05, 0) is 56.7 Å². The highest BCUT2D eigenvalue weighted by molar-refractivity contribution is 7.07. The molecule has 0 amide bonds. The second kappa shape index (κ2) is 13.4. The van der Waals surface area contributed by atoms with Gasteiger partial charge in [-0.1, -0.05) is 17.4 Å². The van der Waals surface area contributed by atoms with E-state index >= 15 is 0 Å². The van der Waals surface area contributed by atoms with Gasteiger partial charge in [0.2, 0.25) is 0 Å². The van der Waals surface area contributed by atoms with Crippen molar-refractivity contribution in [2.45, 2.75) is 26.8 Å². The fourth-order valence-electron chi connectivity index (χ4n) is 4.46. The van der Waals surface area contributed by atoms with Crippen LogP contribution in [0.2, 0.25) is 0 Å². The number of carbonyl (C=O) groups is 2. The molecule has 0 spiro atoms. The zero-order chi connectivity index (χ0) is 30.4. The van der Waals surface area contributed by atoms with E-state index in [2.05, 4.69) is 9.73 Å². The van der Waals surface area contributed by atoms with Crippen LogP contribution in [-0.2, 0) is 19.1 Å². The molecule has 0 fully saturated rings. The van der Waals surface area contributed by atoms with Crippen molar-refractivity contribution in [3.8, 4) is 23.0 Å². The summed E-state index contributed by atoms with van der Waals surface area (Å²) in [5, 5.41) is 0. The van der Waals surface area contributed by atoms with Crippen molar-refractivity contribution >= 4 is 29.4 Å². The SMILES string of the molecule is CCOC(=O)C1=C(C)N=c2s/c(=C\c3ccc(OC)cc3OC)c(=O)n2[C@@H]1c1ccc(OCC(=O)OC)c(OCC)c1. The lowest BCUT2D eigenvalue weighted by Crippen LogP contribution is -2.40. The van der Waals surface area contributed by atoms with Gasteiger partial charge in [0.05, 0.1) is 56.4 Å². The van der Waals surface area contributed by atoms with Crippen LogP contribution in [0.1, 0.15) is 37.9 Å². The highest BCUT2D eigenvalue weighted by atomic mass is 32.1. The van der Waals surface area contributed by atoms with Crippen LogP contribution >= 0.6 is 11.3 Å². The molecule has 1 atom stereocenters. The monoisotopic (exact) mass is 596 g/mol. The predicted octanol–water partition coefficient (Wildman–Crippen LogP) is 2.77. The van der Waals surface area contributed by atoms with Crippen LogP contribution in [0.25, 0.3) is 6.08 Å². The Kier molecular flexibility index (Phi) is 9.68. The second-order valence-electron chi connectivity index (χ2n) is 8.91. The molecule has 0 radical (unpaired) electrons. The molecule has 0 saturated carbocycles. The standard InChI is InChI=1S/C30H32N2O9S/c1-7-39-23-13-19(10-12-21(23)41-16-25(33)38-6)27-26(29(35)40-8-2)17(3)31-30-32(27)28(34)24(42-30)14-18-9-11-20(36-4)15-22(18)37-5/h9-15,27H,7-8,16H2,1-6H3/b24-14-/t27-/m1/s1. The minimum atomic E-state index is -0.867. The molecule has 12 heteroatoms. The predicted molar refractivity (Wildman–Crippen MR) is 155 cm³/mol. The Labute approximate surface area is 246 Å². The summed E-state index contributed by atoms with van der Waals surface area (Å²) in [5.41, 5.74) is 1.55. The van der Waals surface area contributed by atoms with Gasteiger partial charge in [-0.15, -0.1) is 0 Å². The van der Waals surface area contributed by atoms with Crippen LogP contribution in [0.15, 0.2) is 57.5 Å². The number of ether oxygens (including phenoxy) is 6. The van der Waals surface area contributed by atoms with Gasteiger partial charge in [0.1, 0.15) is 11.5 Å². The Morgan fingerprint density at radius 3 is 2.43 bits per heavy atom. The molecule has 1 aromatic heterocycles. The smallest absolute Gasteiger partial charge is 0.343 e. The molecular formula is C30H32N2O9S. The molecule has 3 aromatic rings. The van der Waals surface area contributed by atoms with Crippen LogP contribution in [-0.4, -0.2) is 57.7 Å². The Morgan fingerprint density at radius 1 is 0.976 bits per heavy atom. The van der Waals surface area contributed by atoms with Crippen LogP contribution in [0.3, 0.4) is 0 Å². The first-order valence-corrected chi connectivity index (χ1v) is 14.0. The lowest BCUT2D eigenvalue weighted by molar-refractivity contribution is -0.143. The number of nitrogens with zero attached hydrogens (tertiary/aromatic N) is 2. The van der Waals surface area contributed by atoms with Gasteiger partial charge in [-0.2, -0.15) is 0 Å². The molecule has 2 aromatic carbocycles. The van der Waals surface area contributed by atoms with Crippen molar-refractivity contribution in [2.24, 2.45) is 4.99 Å². The van der Waals surface area contributed by atoms with E-state index in [1.165, 1.54) is 30.1 Å². The number of methoxy groups -OCH3 is 3. The van der Waals surface area contributed by atoms with Crippen LogP contribution in [0.5, 0.6) is 23.0 Å². The van der Waals surface area contributed by atoms with Crippen molar-refractivity contribution in [1.82, 2.24) is 4.57 Å². The number of aromatic nitrogens is 1. The average molecular weight is 597 g/mol. The summed E-state index contributed by atoms with van der Waals surface area (Å²) in [6.07, 6.45) is 1.72. The molecule has 0 unspecified atom stereocenters. The average Bonchev–Trinajstić information content (AvgIpc) is 3.29. The third-order valence-corrected chi connectivity index (χ3v) is 7.38. The van der Waals surface area contributed by atoms with Gasteiger partial charge in [0, 0.05) is 11.6 Å². The summed E-state index contributed by atoms with van der Waals surface area (Å²) >= 11 is 1.19. The van der Waals surface area contributed by atoms with Gasteiger partial charge in [0.25, 0.3) is 5.56 Å². The lowest BCUT2D eigenvalue weighted by Gasteiger charge is -2.25. The maximum Gasteiger partial charge on any atom is 0.343 e. The molecule has 4 rings (SSSR count). The van der Waals surface area contributed by atoms with Crippen molar-refractivity contribution < 1.29 is 38.0 Å². The van der Waals surface area contributed by atoms with E-state index in [1.54, 1.807) is 70.4 Å². The number of allylic oxidation sites excluding steroid dienone is 1. The Balaban J connectivity index is 1.91. The zero-order valence-corrected chi connectivity index (χ0v) is 25.0. The topological polar surface area (TPSA) is 124 Å². The van der Waals surface area contributed by atoms with Crippen LogP contribution in [0, 0.1) is 0 Å². The van der Waals surface area contributed by atoms with E-state index in [0.29, 0.717) is 55.8 Å². The van der Waals surface area contributed by atoms with Gasteiger partial charge in [-0.3, -0.25) is 9.36 Å². The molecule has 222 valence electrons. The molecular weight excluding hydrogens is 564 g/mol. The third-order valence-electron chi connectivity index (χ3n) is 6.40. The van der Waals surface area contributed by atoms with E-state index in [9.17, 15) is 14.4 Å². The highest BCUT2D eigenvalue weighted by Crippen LogP contribution is 2.36. The zero-order valence-electron chi connectivity index (χ0n) is 24.2. The molecule has 0 saturated heterocycles. The normalized spacial score (nSPS) is 14.5. The molecule has 0 N–H and O–H groups in total. The number of benzene rings is 2. The van der Waals surface area contributed by atoms with Gasteiger partial charge in [-0.25, -0.2) is 14.6 Å². The van der Waals surface area contributed by atoms with Crippen LogP contribution < -0.4 is 33.8 Å². The van der Waals surface area contributed by atoms with Gasteiger partial charge < -0.3 is 28.4 Å². The summed E-state index contributed by atoms with van der Waals surface area (Å²) in [5.74, 6) is 0.655. The summed E-state index contributed by atoms with van der Waals surface area (Å²) in [4.78, 5) is 43.9. The summed E-state index contributed by atoms with van der Waals surface area (Å²) < 4.78 is 34.1. The second-order valence-corrected chi connectivity index (χ2v) is 9.92. The molecule has 0 aliphatic carbocycles. The number of hydrogen-bond donors (Lipinski definition) is 0. The largest absolute Gasteiger partial charge is 0.497 e. The maximum atomic E-state index is 14.0. The quantitative estimate of drug-likeness (QED) is 0.308. The lowest BCUT2D eigenvalue weighted by atomic mass is 9.95. The Hall–Kier alpha value is -4.58. The first-order chi connectivity index (χ1) is 20.3. The summed E-state index contributed by atoms with van der Waals surface area (Å²) in [6, 6.07) is 9.45. The fourth-order valence-corrected chi connectivity index (χ4v) is 5.50. The van der Waals surface area contributed by atoms with E-state index in [4.69, 9.17) is 23.7 Å². The number of hydrogen-bond acceptors (Lipinski definition) is 11. The minimum absolute atomic E-state index is 0.147. The summed E-state index contributed by atoms with van der Waals surface area (Å²) in [7, 11) is 4.37.